The maximum Gasteiger partial charge on any atom is 0.255 e. The van der Waals surface area contributed by atoms with Gasteiger partial charge in [-0.15, -0.1) is 0 Å². The number of hydrogen-bond acceptors (Lipinski definition) is 9. The van der Waals surface area contributed by atoms with Crippen molar-refractivity contribution in [2.75, 3.05) is 14.1 Å². The number of ketones is 2. The van der Waals surface area contributed by atoms with Crippen LogP contribution in [-0.4, -0.2) is 79.7 Å². The van der Waals surface area contributed by atoms with Crippen molar-refractivity contribution in [2.24, 2.45) is 17.6 Å². The highest BCUT2D eigenvalue weighted by molar-refractivity contribution is 9.10. The third-order valence-electron chi connectivity index (χ3n) is 6.63. The lowest BCUT2D eigenvalue weighted by atomic mass is 9.56. The van der Waals surface area contributed by atoms with E-state index in [-0.39, 0.29) is 22.2 Å². The van der Waals surface area contributed by atoms with Crippen LogP contribution >= 0.6 is 15.9 Å². The Morgan fingerprint density at radius 1 is 1.22 bits per heavy atom. The summed E-state index contributed by atoms with van der Waals surface area (Å²) >= 11 is 3.14. The molecule has 0 radical (unpaired) electrons. The molecule has 0 spiro atoms. The molecule has 32 heavy (non-hydrogen) atoms. The van der Waals surface area contributed by atoms with Crippen molar-refractivity contribution in [2.45, 2.75) is 24.2 Å². The van der Waals surface area contributed by atoms with Gasteiger partial charge in [0, 0.05) is 11.5 Å². The summed E-state index contributed by atoms with van der Waals surface area (Å²) in [7, 11) is 2.91. The number of Topliss-reactive ketones (excluding diaryl/α,β-unsaturated/α-hetero) is 2. The largest absolute Gasteiger partial charge is 0.508 e. The third-order valence-corrected chi connectivity index (χ3v) is 7.27. The van der Waals surface area contributed by atoms with Crippen LogP contribution in [0.2, 0.25) is 0 Å². The number of amides is 1. The first-order valence-corrected chi connectivity index (χ1v) is 10.5. The topological polar surface area (TPSA) is 182 Å². The molecule has 170 valence electrons. The molecule has 10 nitrogen and oxygen atoms in total. The van der Waals surface area contributed by atoms with E-state index >= 15 is 0 Å². The Bertz CT molecular complexity index is 1160. The summed E-state index contributed by atoms with van der Waals surface area (Å²) in [6.07, 6.45) is -1.57. The van der Waals surface area contributed by atoms with Gasteiger partial charge in [-0.3, -0.25) is 19.3 Å². The molecular weight excluding hydrogens is 488 g/mol. The number of carbonyl (C=O) groups excluding carboxylic acids is 3. The molecule has 11 heteroatoms. The van der Waals surface area contributed by atoms with Gasteiger partial charge in [0.15, 0.2) is 11.4 Å². The second kappa shape index (κ2) is 7.14. The quantitative estimate of drug-likeness (QED) is 0.292. The van der Waals surface area contributed by atoms with Crippen molar-refractivity contribution in [3.8, 4) is 5.75 Å². The second-order valence-corrected chi connectivity index (χ2v) is 9.33. The van der Waals surface area contributed by atoms with E-state index in [1.807, 2.05) is 0 Å². The third kappa shape index (κ3) is 2.65. The molecule has 0 heterocycles. The van der Waals surface area contributed by atoms with Crippen molar-refractivity contribution < 1.29 is 39.9 Å². The van der Waals surface area contributed by atoms with Crippen molar-refractivity contribution in [1.29, 1.82) is 0 Å². The molecule has 1 amide bonds. The van der Waals surface area contributed by atoms with Crippen LogP contribution in [-0.2, 0) is 20.8 Å². The van der Waals surface area contributed by atoms with Crippen LogP contribution in [0.4, 0.5) is 0 Å². The molecule has 1 saturated carbocycles. The lowest BCUT2D eigenvalue weighted by Gasteiger charge is -2.52. The zero-order chi connectivity index (χ0) is 23.9. The average Bonchev–Trinajstić information content (AvgIpc) is 2.70. The van der Waals surface area contributed by atoms with Gasteiger partial charge in [-0.2, -0.15) is 0 Å². The molecule has 0 aliphatic heterocycles. The zero-order valence-electron chi connectivity index (χ0n) is 17.0. The fraction of sp³-hybridized carbons (Fsp3) is 0.381. The van der Waals surface area contributed by atoms with Crippen molar-refractivity contribution in [1.82, 2.24) is 4.90 Å². The van der Waals surface area contributed by atoms with Crippen LogP contribution in [0.15, 0.2) is 33.5 Å². The standard InChI is InChI=1S/C21H21BrN2O8/c1-24(2)13-12-14(25)7-5-6-3-4-8(22)15(26)9(6)16(27)10(7)18(29)21(12,32)19(30)11(17(13)28)20(23)31/h3-4,7,12-14,25-27,30,32H,5H2,1-2H3,(H2,23,31)/t7-,12-,13+,14+,21+/m1/s1. The Kier molecular flexibility index (Phi) is 5.01. The second-order valence-electron chi connectivity index (χ2n) is 8.48. The summed E-state index contributed by atoms with van der Waals surface area (Å²) < 4.78 is 0.247. The van der Waals surface area contributed by atoms with Crippen LogP contribution < -0.4 is 5.73 Å². The van der Waals surface area contributed by atoms with Crippen LogP contribution in [0.1, 0.15) is 11.1 Å². The van der Waals surface area contributed by atoms with Gasteiger partial charge in [0.25, 0.3) is 5.91 Å². The number of phenolic OH excluding ortho intramolecular Hbond substituents is 1. The predicted octanol–water partition coefficient (Wildman–Crippen LogP) is -0.303. The molecule has 1 fully saturated rings. The van der Waals surface area contributed by atoms with E-state index in [0.29, 0.717) is 5.56 Å². The molecule has 0 aromatic heterocycles. The summed E-state index contributed by atoms with van der Waals surface area (Å²) in [5, 5.41) is 54.8. The van der Waals surface area contributed by atoms with Gasteiger partial charge in [-0.05, 0) is 48.1 Å². The van der Waals surface area contributed by atoms with Crippen molar-refractivity contribution in [3.63, 3.8) is 0 Å². The molecule has 1 aromatic rings. The summed E-state index contributed by atoms with van der Waals surface area (Å²) in [5.41, 5.74) is 1.38. The van der Waals surface area contributed by atoms with Crippen LogP contribution in [0.3, 0.4) is 0 Å². The smallest absolute Gasteiger partial charge is 0.255 e. The van der Waals surface area contributed by atoms with Gasteiger partial charge in [0.05, 0.1) is 28.1 Å². The van der Waals surface area contributed by atoms with Gasteiger partial charge in [0.1, 0.15) is 22.8 Å². The molecule has 7 N–H and O–H groups in total. The Balaban J connectivity index is 2.04. The number of aliphatic hydroxyl groups excluding tert-OH is 3. The number of hydrogen-bond donors (Lipinski definition) is 6. The number of fused-ring (bicyclic) bond motifs is 3. The molecule has 0 saturated heterocycles. The normalized spacial score (nSPS) is 32.1. The molecule has 0 unspecified atom stereocenters. The molecule has 5 atom stereocenters. The number of phenols is 1. The Morgan fingerprint density at radius 2 is 1.84 bits per heavy atom. The predicted molar refractivity (Wildman–Crippen MR) is 113 cm³/mol. The maximum atomic E-state index is 13.6. The molecule has 1 aromatic carbocycles. The number of carbonyl (C=O) groups is 3. The number of halogens is 1. The summed E-state index contributed by atoms with van der Waals surface area (Å²) in [4.78, 5) is 39.8. The highest BCUT2D eigenvalue weighted by Gasteiger charge is 2.67. The van der Waals surface area contributed by atoms with Crippen LogP contribution in [0, 0.1) is 11.8 Å². The van der Waals surface area contributed by atoms with Gasteiger partial charge in [-0.1, -0.05) is 6.07 Å². The SMILES string of the molecule is CN(C)[C@@H]1C(=O)C(C(N)=O)=C(O)[C@@]2(O)C(=O)C3=C(O)c4c(ccc(Br)c4O)C[C@H]3[C@H](O)[C@@H]12. The number of nitrogens with zero attached hydrogens (tertiary/aromatic N) is 1. The van der Waals surface area contributed by atoms with Gasteiger partial charge >= 0.3 is 0 Å². The van der Waals surface area contributed by atoms with Crippen molar-refractivity contribution in [3.05, 3.63) is 44.6 Å². The number of aromatic hydroxyl groups is 1. The van der Waals surface area contributed by atoms with Crippen LogP contribution in [0.5, 0.6) is 5.75 Å². The minimum absolute atomic E-state index is 0.0105. The highest BCUT2D eigenvalue weighted by atomic mass is 79.9. The van der Waals surface area contributed by atoms with E-state index in [2.05, 4.69) is 15.9 Å². The first kappa shape index (κ1) is 22.5. The fourth-order valence-electron chi connectivity index (χ4n) is 5.21. The summed E-state index contributed by atoms with van der Waals surface area (Å²) in [6.45, 7) is 0. The number of nitrogens with two attached hydrogens (primary N) is 1. The maximum absolute atomic E-state index is 13.6. The molecule has 0 bridgehead atoms. The first-order valence-electron chi connectivity index (χ1n) is 9.68. The minimum atomic E-state index is -2.90. The number of aliphatic hydroxyl groups is 4. The molecule has 3 aliphatic rings. The highest BCUT2D eigenvalue weighted by Crippen LogP contribution is 2.53. The lowest BCUT2D eigenvalue weighted by molar-refractivity contribution is -0.168. The van der Waals surface area contributed by atoms with E-state index < -0.39 is 69.7 Å². The number of primary amides is 1. The Morgan fingerprint density at radius 3 is 2.41 bits per heavy atom. The van der Waals surface area contributed by atoms with E-state index in [1.54, 1.807) is 12.1 Å². The molecule has 3 aliphatic carbocycles. The van der Waals surface area contributed by atoms with E-state index in [0.717, 1.165) is 0 Å². The Hall–Kier alpha value is -2.73. The fourth-order valence-corrected chi connectivity index (χ4v) is 5.54. The van der Waals surface area contributed by atoms with Gasteiger partial charge in [-0.25, -0.2) is 0 Å². The van der Waals surface area contributed by atoms with Crippen LogP contribution in [0.25, 0.3) is 5.76 Å². The average molecular weight is 509 g/mol. The Labute approximate surface area is 190 Å². The van der Waals surface area contributed by atoms with E-state index in [4.69, 9.17) is 5.73 Å². The van der Waals surface area contributed by atoms with E-state index in [1.165, 1.54) is 19.0 Å². The monoisotopic (exact) mass is 508 g/mol. The number of likely N-dealkylation sites (N-methyl/N-ethyl adjacent to an activating group) is 1. The van der Waals surface area contributed by atoms with Gasteiger partial charge in [0.2, 0.25) is 5.78 Å². The zero-order valence-corrected chi connectivity index (χ0v) is 18.6. The van der Waals surface area contributed by atoms with Crippen molar-refractivity contribution >= 4 is 39.2 Å². The van der Waals surface area contributed by atoms with Gasteiger partial charge < -0.3 is 31.3 Å². The summed E-state index contributed by atoms with van der Waals surface area (Å²) in [5.74, 6) is -8.32. The van der Waals surface area contributed by atoms with E-state index in [9.17, 15) is 39.9 Å². The first-order chi connectivity index (χ1) is 14.8. The number of benzene rings is 1. The minimum Gasteiger partial charge on any atom is -0.508 e. The molecule has 4 rings (SSSR count). The molecular formula is C21H21BrN2O8. The summed E-state index contributed by atoms with van der Waals surface area (Å²) in [6, 6.07) is 1.78. The lowest BCUT2D eigenvalue weighted by Crippen LogP contribution is -2.70. The number of rotatable bonds is 2.